The van der Waals surface area contributed by atoms with E-state index in [1.165, 1.54) is 12.3 Å². The number of nitrogen functional groups attached to an aromatic ring is 1. The van der Waals surface area contributed by atoms with Gasteiger partial charge < -0.3 is 34.6 Å². The lowest BCUT2D eigenvalue weighted by Crippen LogP contribution is -2.44. The molecule has 0 radical (unpaired) electrons. The first kappa shape index (κ1) is 21.6. The van der Waals surface area contributed by atoms with E-state index in [0.717, 1.165) is 0 Å². The molecule has 0 aromatic carbocycles. The average molecular weight is 460 g/mol. The minimum atomic E-state index is -1.62. The molecule has 3 aromatic heterocycles. The molecule has 1 aliphatic rings. The Balaban J connectivity index is 1.54. The predicted molar refractivity (Wildman–Crippen MR) is 112 cm³/mol. The quantitative estimate of drug-likeness (QED) is 0.291. The average Bonchev–Trinajstić information content (AvgIpc) is 3.35. The van der Waals surface area contributed by atoms with Crippen molar-refractivity contribution in [3.8, 4) is 12.3 Å². The number of H-pyrrole nitrogens is 1. The van der Waals surface area contributed by atoms with Crippen LogP contribution in [0.3, 0.4) is 0 Å². The van der Waals surface area contributed by atoms with Crippen molar-refractivity contribution in [2.75, 3.05) is 12.3 Å². The van der Waals surface area contributed by atoms with Crippen molar-refractivity contribution < 1.29 is 24.1 Å². The van der Waals surface area contributed by atoms with Crippen molar-refractivity contribution in [2.24, 2.45) is 0 Å². The summed E-state index contributed by atoms with van der Waals surface area (Å²) in [5.41, 5.74) is 4.51. The molecule has 11 nitrogen and oxygen atoms in total. The molecular weight excluding hydrogens is 442 g/mol. The Morgan fingerprint density at radius 1 is 1.50 bits per heavy atom. The predicted octanol–water partition coefficient (Wildman–Crippen LogP) is 1.36. The van der Waals surface area contributed by atoms with E-state index in [4.69, 9.17) is 38.0 Å². The Morgan fingerprint density at radius 2 is 2.31 bits per heavy atom. The van der Waals surface area contributed by atoms with Crippen molar-refractivity contribution >= 4 is 34.6 Å². The number of pyridine rings is 1. The van der Waals surface area contributed by atoms with Crippen molar-refractivity contribution in [1.82, 2.24) is 19.5 Å². The fourth-order valence-corrected chi connectivity index (χ4v) is 3.66. The monoisotopic (exact) mass is 459 g/mol. The minimum absolute atomic E-state index is 0.0504. The third kappa shape index (κ3) is 3.87. The molecule has 1 fully saturated rings. The molecule has 1 aliphatic heterocycles. The Morgan fingerprint density at radius 3 is 3.03 bits per heavy atom. The van der Waals surface area contributed by atoms with Gasteiger partial charge in [0.15, 0.2) is 11.7 Å². The maximum absolute atomic E-state index is 12.3. The molecule has 1 saturated heterocycles. The van der Waals surface area contributed by atoms with Crippen LogP contribution in [0.4, 0.5) is 10.6 Å². The zero-order valence-corrected chi connectivity index (χ0v) is 17.3. The maximum atomic E-state index is 12.3. The van der Waals surface area contributed by atoms with E-state index >= 15 is 0 Å². The highest BCUT2D eigenvalue weighted by Crippen LogP contribution is 2.40. The SMILES string of the molecule is C#C[C@]1(CO)O[C@@H](n2ccc3c(N)nc(Cl)nc32)C[C@@H]1OC(=O)OCc1ccc[nH]c1=O. The van der Waals surface area contributed by atoms with Gasteiger partial charge in [0.05, 0.1) is 17.6 Å². The van der Waals surface area contributed by atoms with Gasteiger partial charge in [0.1, 0.15) is 24.3 Å². The van der Waals surface area contributed by atoms with Crippen LogP contribution in [0.1, 0.15) is 18.2 Å². The first-order chi connectivity index (χ1) is 15.4. The standard InChI is InChI=1S/C20H18ClN5O6/c1-2-20(10-27)13(31-19(29)30-9-11-4-3-6-23-17(11)28)8-14(32-20)26-7-5-12-15(22)24-18(21)25-16(12)26/h1,3-7,13-14,27H,8-10H2,(H,23,28)(H2,22,24,25)/t13-,14+,20+/m0/s1. The fourth-order valence-electron chi connectivity index (χ4n) is 3.48. The molecule has 4 rings (SSSR count). The molecule has 0 saturated carbocycles. The van der Waals surface area contributed by atoms with Crippen LogP contribution in [0.25, 0.3) is 11.0 Å². The summed E-state index contributed by atoms with van der Waals surface area (Å²) in [5, 5.41) is 10.4. The lowest BCUT2D eigenvalue weighted by molar-refractivity contribution is -0.0980. The van der Waals surface area contributed by atoms with Crippen LogP contribution in [0.5, 0.6) is 0 Å². The fraction of sp³-hybridized carbons (Fsp3) is 0.300. The number of anilines is 1. The lowest BCUT2D eigenvalue weighted by atomic mass is 9.99. The molecule has 166 valence electrons. The molecule has 32 heavy (non-hydrogen) atoms. The van der Waals surface area contributed by atoms with Crippen LogP contribution in [-0.4, -0.2) is 49.1 Å². The van der Waals surface area contributed by atoms with Gasteiger partial charge in [0.25, 0.3) is 5.56 Å². The molecule has 4 heterocycles. The molecule has 0 unspecified atom stereocenters. The number of aromatic nitrogens is 4. The molecule has 4 N–H and O–H groups in total. The third-order valence-electron chi connectivity index (χ3n) is 5.13. The van der Waals surface area contributed by atoms with Gasteiger partial charge in [-0.1, -0.05) is 5.92 Å². The van der Waals surface area contributed by atoms with Crippen molar-refractivity contribution in [2.45, 2.75) is 31.0 Å². The van der Waals surface area contributed by atoms with Gasteiger partial charge in [0.2, 0.25) is 5.28 Å². The summed E-state index contributed by atoms with van der Waals surface area (Å²) in [6.45, 7) is -0.918. The van der Waals surface area contributed by atoms with Gasteiger partial charge in [-0.25, -0.2) is 9.78 Å². The van der Waals surface area contributed by atoms with E-state index in [1.54, 1.807) is 22.9 Å². The number of fused-ring (bicyclic) bond motifs is 1. The number of rotatable bonds is 5. The van der Waals surface area contributed by atoms with Crippen LogP contribution >= 0.6 is 11.6 Å². The van der Waals surface area contributed by atoms with Crippen LogP contribution < -0.4 is 11.3 Å². The van der Waals surface area contributed by atoms with E-state index in [0.29, 0.717) is 11.0 Å². The van der Waals surface area contributed by atoms with Gasteiger partial charge in [-0.05, 0) is 29.8 Å². The highest BCUT2D eigenvalue weighted by molar-refractivity contribution is 6.28. The molecule has 0 aliphatic carbocycles. The first-order valence-electron chi connectivity index (χ1n) is 9.43. The Hall–Kier alpha value is -3.59. The maximum Gasteiger partial charge on any atom is 0.509 e. The number of terminal acetylenes is 1. The summed E-state index contributed by atoms with van der Waals surface area (Å²) in [6, 6.07) is 4.79. The Labute approximate surface area is 186 Å². The summed E-state index contributed by atoms with van der Waals surface area (Å²) in [5.74, 6) is 2.56. The number of nitrogens with zero attached hydrogens (tertiary/aromatic N) is 3. The van der Waals surface area contributed by atoms with E-state index in [1.807, 2.05) is 0 Å². The summed E-state index contributed by atoms with van der Waals surface area (Å²) < 4.78 is 17.9. The highest BCUT2D eigenvalue weighted by Gasteiger charge is 2.51. The zero-order chi connectivity index (χ0) is 22.9. The number of carbonyl (C=O) groups excluding carboxylic acids is 1. The molecule has 3 aromatic rings. The third-order valence-corrected chi connectivity index (χ3v) is 5.30. The molecule has 12 heteroatoms. The van der Waals surface area contributed by atoms with Crippen LogP contribution in [0.2, 0.25) is 5.28 Å². The van der Waals surface area contributed by atoms with E-state index in [2.05, 4.69) is 20.9 Å². The second kappa shape index (κ2) is 8.51. The number of aromatic amines is 1. The van der Waals surface area contributed by atoms with Crippen molar-refractivity contribution in [1.29, 1.82) is 0 Å². The Bertz CT molecular complexity index is 1270. The van der Waals surface area contributed by atoms with Gasteiger partial charge in [-0.3, -0.25) is 4.79 Å². The molecule has 3 atom stereocenters. The number of halogens is 1. The van der Waals surface area contributed by atoms with Crippen LogP contribution in [0.15, 0.2) is 35.4 Å². The summed E-state index contributed by atoms with van der Waals surface area (Å²) in [4.78, 5) is 34.5. The molecule has 0 spiro atoms. The second-order valence-electron chi connectivity index (χ2n) is 7.01. The van der Waals surface area contributed by atoms with Crippen LogP contribution in [-0.2, 0) is 20.8 Å². The number of nitrogens with two attached hydrogens (primary N) is 1. The summed E-state index contributed by atoms with van der Waals surface area (Å²) in [6.07, 6.45) is 5.94. The van der Waals surface area contributed by atoms with Crippen molar-refractivity contribution in [3.05, 3.63) is 51.8 Å². The van der Waals surface area contributed by atoms with Crippen LogP contribution in [0, 0.1) is 12.3 Å². The lowest BCUT2D eigenvalue weighted by Gasteiger charge is -2.26. The number of nitrogens with one attached hydrogen (secondary N) is 1. The molecule has 0 amide bonds. The number of aliphatic hydroxyl groups is 1. The number of hydrogen-bond acceptors (Lipinski definition) is 9. The number of hydrogen-bond donors (Lipinski definition) is 3. The topological polar surface area (TPSA) is 155 Å². The molecule has 0 bridgehead atoms. The van der Waals surface area contributed by atoms with E-state index < -0.39 is 36.3 Å². The highest BCUT2D eigenvalue weighted by atomic mass is 35.5. The number of aliphatic hydroxyl groups excluding tert-OH is 1. The zero-order valence-electron chi connectivity index (χ0n) is 16.5. The van der Waals surface area contributed by atoms with Gasteiger partial charge in [0, 0.05) is 18.8 Å². The van der Waals surface area contributed by atoms with Gasteiger partial charge >= 0.3 is 6.16 Å². The second-order valence-corrected chi connectivity index (χ2v) is 7.35. The largest absolute Gasteiger partial charge is 0.509 e. The van der Waals surface area contributed by atoms with E-state index in [9.17, 15) is 14.7 Å². The normalized spacial score (nSPS) is 22.5. The summed E-state index contributed by atoms with van der Waals surface area (Å²) >= 11 is 5.92. The van der Waals surface area contributed by atoms with Gasteiger partial charge in [-0.2, -0.15) is 4.98 Å². The van der Waals surface area contributed by atoms with Gasteiger partial charge in [-0.15, -0.1) is 6.42 Å². The minimum Gasteiger partial charge on any atom is -0.429 e. The van der Waals surface area contributed by atoms with E-state index in [-0.39, 0.29) is 29.7 Å². The smallest absolute Gasteiger partial charge is 0.429 e. The molecular formula is C20H18ClN5O6. The number of carbonyl (C=O) groups is 1. The Kier molecular flexibility index (Phi) is 5.75. The van der Waals surface area contributed by atoms with Crippen molar-refractivity contribution in [3.63, 3.8) is 0 Å². The number of ether oxygens (including phenoxy) is 3. The first-order valence-corrected chi connectivity index (χ1v) is 9.80. The summed E-state index contributed by atoms with van der Waals surface area (Å²) in [7, 11) is 0.